The molecule has 0 spiro atoms. The Labute approximate surface area is 155 Å². The lowest BCUT2D eigenvalue weighted by Crippen LogP contribution is -2.38. The van der Waals surface area contributed by atoms with Crippen molar-refractivity contribution < 1.29 is 17.9 Å². The van der Waals surface area contributed by atoms with E-state index in [9.17, 15) is 13.2 Å². The minimum absolute atomic E-state index is 0.0485. The average Bonchev–Trinajstić information content (AvgIpc) is 3.28. The first-order valence-electron chi connectivity index (χ1n) is 9.22. The fourth-order valence-corrected chi connectivity index (χ4v) is 5.22. The molecule has 144 valence electrons. The standard InChI is InChI=1S/C18H27N3O4S/c1-3-20(4-2)26(23,24)15-6-7-16-13(11-15)9-10-21(16)18(22)17-8-5-14(12-19)25-17/h6-7,11,14,17H,3-5,8-10,12,19H2,1-2H3/t14-,17+/m1/s1. The first-order chi connectivity index (χ1) is 12.4. The summed E-state index contributed by atoms with van der Waals surface area (Å²) in [6.45, 7) is 5.49. The highest BCUT2D eigenvalue weighted by atomic mass is 32.2. The molecule has 1 aromatic carbocycles. The van der Waals surface area contributed by atoms with E-state index in [4.69, 9.17) is 10.5 Å². The number of sulfonamides is 1. The molecule has 0 aliphatic carbocycles. The van der Waals surface area contributed by atoms with Crippen LogP contribution in [0.1, 0.15) is 32.3 Å². The smallest absolute Gasteiger partial charge is 0.256 e. The lowest BCUT2D eigenvalue weighted by molar-refractivity contribution is -0.129. The van der Waals surface area contributed by atoms with Gasteiger partial charge in [-0.2, -0.15) is 4.31 Å². The van der Waals surface area contributed by atoms with Crippen LogP contribution in [0.4, 0.5) is 5.69 Å². The molecule has 1 fully saturated rings. The molecule has 3 rings (SSSR count). The van der Waals surface area contributed by atoms with Gasteiger partial charge < -0.3 is 15.4 Å². The van der Waals surface area contributed by atoms with Crippen LogP contribution in [-0.4, -0.2) is 57.0 Å². The molecule has 2 atom stereocenters. The number of hydrogen-bond donors (Lipinski definition) is 1. The largest absolute Gasteiger partial charge is 0.364 e. The number of carbonyl (C=O) groups excluding carboxylic acids is 1. The van der Waals surface area contributed by atoms with Crippen LogP contribution in [0.15, 0.2) is 23.1 Å². The van der Waals surface area contributed by atoms with Crippen LogP contribution in [0, 0.1) is 0 Å². The predicted molar refractivity (Wildman–Crippen MR) is 99.6 cm³/mol. The van der Waals surface area contributed by atoms with Gasteiger partial charge in [-0.05, 0) is 43.0 Å². The molecule has 2 heterocycles. The minimum Gasteiger partial charge on any atom is -0.364 e. The number of anilines is 1. The third-order valence-corrected chi connectivity index (χ3v) is 7.25. The lowest BCUT2D eigenvalue weighted by atomic mass is 10.1. The molecule has 2 N–H and O–H groups in total. The summed E-state index contributed by atoms with van der Waals surface area (Å²) in [5.41, 5.74) is 7.29. The SMILES string of the molecule is CCN(CC)S(=O)(=O)c1ccc2c(c1)CCN2C(=O)[C@@H]1CC[C@H](CN)O1. The van der Waals surface area contributed by atoms with Crippen LogP contribution >= 0.6 is 0 Å². The Balaban J connectivity index is 1.81. The second kappa shape index (κ2) is 7.64. The fourth-order valence-electron chi connectivity index (χ4n) is 3.71. The van der Waals surface area contributed by atoms with E-state index in [0.717, 1.165) is 17.7 Å². The van der Waals surface area contributed by atoms with Crippen molar-refractivity contribution in [2.45, 2.75) is 50.2 Å². The monoisotopic (exact) mass is 381 g/mol. The molecule has 0 unspecified atom stereocenters. The van der Waals surface area contributed by atoms with E-state index in [1.165, 1.54) is 4.31 Å². The molecule has 1 aromatic rings. The van der Waals surface area contributed by atoms with Gasteiger partial charge in [-0.25, -0.2) is 8.42 Å². The Hall–Kier alpha value is -1.48. The number of amides is 1. The average molecular weight is 381 g/mol. The summed E-state index contributed by atoms with van der Waals surface area (Å²) < 4.78 is 32.6. The number of fused-ring (bicyclic) bond motifs is 1. The summed E-state index contributed by atoms with van der Waals surface area (Å²) in [5.74, 6) is -0.0564. The molecule has 0 saturated carbocycles. The van der Waals surface area contributed by atoms with Gasteiger partial charge in [0, 0.05) is 31.9 Å². The highest BCUT2D eigenvalue weighted by Crippen LogP contribution is 2.33. The number of nitrogens with zero attached hydrogens (tertiary/aromatic N) is 2. The maximum atomic E-state index is 12.8. The maximum absolute atomic E-state index is 12.8. The maximum Gasteiger partial charge on any atom is 0.256 e. The first kappa shape index (κ1) is 19.3. The van der Waals surface area contributed by atoms with Gasteiger partial charge in [-0.1, -0.05) is 13.8 Å². The second-order valence-corrected chi connectivity index (χ2v) is 8.62. The van der Waals surface area contributed by atoms with E-state index >= 15 is 0 Å². The van der Waals surface area contributed by atoms with Gasteiger partial charge in [0.05, 0.1) is 11.0 Å². The normalized spacial score (nSPS) is 22.8. The van der Waals surface area contributed by atoms with E-state index in [1.54, 1.807) is 23.1 Å². The first-order valence-corrected chi connectivity index (χ1v) is 10.7. The van der Waals surface area contributed by atoms with E-state index < -0.39 is 16.1 Å². The topological polar surface area (TPSA) is 92.9 Å². The van der Waals surface area contributed by atoms with Crippen molar-refractivity contribution in [3.63, 3.8) is 0 Å². The van der Waals surface area contributed by atoms with Gasteiger partial charge >= 0.3 is 0 Å². The van der Waals surface area contributed by atoms with E-state index in [2.05, 4.69) is 0 Å². The number of rotatable bonds is 6. The second-order valence-electron chi connectivity index (χ2n) is 6.68. The van der Waals surface area contributed by atoms with Gasteiger partial charge in [0.15, 0.2) is 0 Å². The summed E-state index contributed by atoms with van der Waals surface area (Å²) in [7, 11) is -3.50. The third kappa shape index (κ3) is 3.38. The molecule has 0 radical (unpaired) electrons. The van der Waals surface area contributed by atoms with Crippen molar-refractivity contribution in [3.05, 3.63) is 23.8 Å². The Kier molecular flexibility index (Phi) is 5.67. The Morgan fingerprint density at radius 1 is 1.31 bits per heavy atom. The number of carbonyl (C=O) groups is 1. The summed E-state index contributed by atoms with van der Waals surface area (Å²) in [4.78, 5) is 14.8. The Morgan fingerprint density at radius 3 is 2.65 bits per heavy atom. The summed E-state index contributed by atoms with van der Waals surface area (Å²) in [6, 6.07) is 5.04. The third-order valence-electron chi connectivity index (χ3n) is 5.20. The van der Waals surface area contributed by atoms with Crippen molar-refractivity contribution >= 4 is 21.6 Å². The van der Waals surface area contributed by atoms with Crippen molar-refractivity contribution in [1.29, 1.82) is 0 Å². The van der Waals surface area contributed by atoms with Crippen molar-refractivity contribution in [3.8, 4) is 0 Å². The van der Waals surface area contributed by atoms with Crippen LogP contribution in [0.25, 0.3) is 0 Å². The van der Waals surface area contributed by atoms with Gasteiger partial charge in [0.1, 0.15) is 6.10 Å². The Morgan fingerprint density at radius 2 is 2.04 bits per heavy atom. The van der Waals surface area contributed by atoms with Crippen molar-refractivity contribution in [2.75, 3.05) is 31.1 Å². The molecule has 1 saturated heterocycles. The van der Waals surface area contributed by atoms with Crippen molar-refractivity contribution in [1.82, 2.24) is 4.31 Å². The minimum atomic E-state index is -3.50. The van der Waals surface area contributed by atoms with Gasteiger partial charge in [-0.3, -0.25) is 4.79 Å². The molecule has 1 amide bonds. The predicted octanol–water partition coefficient (Wildman–Crippen LogP) is 1.11. The summed E-state index contributed by atoms with van der Waals surface area (Å²) in [6.07, 6.45) is 1.63. The number of hydrogen-bond acceptors (Lipinski definition) is 5. The molecule has 2 aliphatic heterocycles. The molecule has 0 aromatic heterocycles. The molecular weight excluding hydrogens is 354 g/mol. The summed E-state index contributed by atoms with van der Waals surface area (Å²) in [5, 5.41) is 0. The van der Waals surface area contributed by atoms with Crippen LogP contribution in [0.2, 0.25) is 0 Å². The van der Waals surface area contributed by atoms with Crippen molar-refractivity contribution in [2.24, 2.45) is 5.73 Å². The molecular formula is C18H27N3O4S. The number of ether oxygens (including phenoxy) is 1. The quantitative estimate of drug-likeness (QED) is 0.797. The fraction of sp³-hybridized carbons (Fsp3) is 0.611. The zero-order valence-corrected chi connectivity index (χ0v) is 16.2. The molecule has 26 heavy (non-hydrogen) atoms. The van der Waals surface area contributed by atoms with Gasteiger partial charge in [0.2, 0.25) is 10.0 Å². The highest BCUT2D eigenvalue weighted by Gasteiger charge is 2.36. The highest BCUT2D eigenvalue weighted by molar-refractivity contribution is 7.89. The van der Waals surface area contributed by atoms with E-state index in [-0.39, 0.29) is 16.9 Å². The van der Waals surface area contributed by atoms with E-state index in [1.807, 2.05) is 13.8 Å². The lowest BCUT2D eigenvalue weighted by Gasteiger charge is -2.22. The zero-order valence-electron chi connectivity index (χ0n) is 15.3. The summed E-state index contributed by atoms with van der Waals surface area (Å²) >= 11 is 0. The molecule has 8 heteroatoms. The van der Waals surface area contributed by atoms with Crippen LogP contribution in [0.5, 0.6) is 0 Å². The molecule has 7 nitrogen and oxygen atoms in total. The van der Waals surface area contributed by atoms with Crippen LogP contribution < -0.4 is 10.6 Å². The number of benzene rings is 1. The molecule has 0 bridgehead atoms. The van der Waals surface area contributed by atoms with Crippen LogP contribution in [0.3, 0.4) is 0 Å². The van der Waals surface area contributed by atoms with Gasteiger partial charge in [-0.15, -0.1) is 0 Å². The van der Waals surface area contributed by atoms with E-state index in [0.29, 0.717) is 39.0 Å². The van der Waals surface area contributed by atoms with Crippen LogP contribution in [-0.2, 0) is 26.0 Å². The number of nitrogens with two attached hydrogens (primary N) is 1. The zero-order chi connectivity index (χ0) is 18.9. The van der Waals surface area contributed by atoms with Gasteiger partial charge in [0.25, 0.3) is 5.91 Å². The molecule has 2 aliphatic rings. The Bertz CT molecular complexity index is 777.